The van der Waals surface area contributed by atoms with Crippen LogP contribution < -0.4 is 9.80 Å². The van der Waals surface area contributed by atoms with Gasteiger partial charge in [-0.05, 0) is 53.6 Å². The molecule has 3 aromatic carbocycles. The third-order valence-corrected chi connectivity index (χ3v) is 6.71. The van der Waals surface area contributed by atoms with Crippen molar-refractivity contribution in [3.05, 3.63) is 78.1 Å². The van der Waals surface area contributed by atoms with Gasteiger partial charge in [-0.25, -0.2) is 4.79 Å². The van der Waals surface area contributed by atoms with E-state index in [1.165, 1.54) is 0 Å². The molecule has 0 saturated carbocycles. The Morgan fingerprint density at radius 2 is 1.80 bits per heavy atom. The largest absolute Gasteiger partial charge is 0.329 e. The number of hydrogen-bond acceptors (Lipinski definition) is 5. The highest BCUT2D eigenvalue weighted by Gasteiger charge is 2.26. The quantitative estimate of drug-likeness (QED) is 0.350. The first-order valence-corrected chi connectivity index (χ1v) is 11.6. The molecule has 6 rings (SSSR count). The van der Waals surface area contributed by atoms with E-state index in [-0.39, 0.29) is 6.03 Å². The van der Waals surface area contributed by atoms with Crippen molar-refractivity contribution in [2.45, 2.75) is 0 Å². The second-order valence-electron chi connectivity index (χ2n) is 8.61. The van der Waals surface area contributed by atoms with Crippen molar-refractivity contribution in [1.82, 2.24) is 24.5 Å². The summed E-state index contributed by atoms with van der Waals surface area (Å²) in [6, 6.07) is 22.2. The number of urea groups is 1. The van der Waals surface area contributed by atoms with Crippen molar-refractivity contribution < 1.29 is 4.79 Å². The number of aromatic nitrogens is 4. The summed E-state index contributed by atoms with van der Waals surface area (Å²) in [5.74, 6) is 1.27. The molecule has 174 valence electrons. The van der Waals surface area contributed by atoms with Gasteiger partial charge in [-0.2, -0.15) is 4.98 Å². The van der Waals surface area contributed by atoms with Gasteiger partial charge in [-0.3, -0.25) is 9.30 Å². The zero-order chi connectivity index (χ0) is 24.1. The molecule has 1 fully saturated rings. The highest BCUT2D eigenvalue weighted by atomic mass is 35.5. The Balaban J connectivity index is 1.36. The molecule has 9 heteroatoms. The van der Waals surface area contributed by atoms with Gasteiger partial charge in [0.25, 0.3) is 5.78 Å². The van der Waals surface area contributed by atoms with Gasteiger partial charge >= 0.3 is 6.03 Å². The smallest absolute Gasteiger partial charge is 0.324 e. The number of fused-ring (bicyclic) bond motifs is 3. The zero-order valence-corrected chi connectivity index (χ0v) is 20.0. The molecule has 1 saturated heterocycles. The Hall–Kier alpha value is -4.17. The summed E-state index contributed by atoms with van der Waals surface area (Å²) in [5.41, 5.74) is 4.93. The second-order valence-corrected chi connectivity index (χ2v) is 9.05. The Morgan fingerprint density at radius 1 is 0.971 bits per heavy atom. The molecule has 35 heavy (non-hydrogen) atoms. The van der Waals surface area contributed by atoms with Crippen LogP contribution in [0.3, 0.4) is 0 Å². The third kappa shape index (κ3) is 3.63. The number of amides is 2. The fraction of sp³-hybridized carbons (Fsp3) is 0.154. The summed E-state index contributed by atoms with van der Waals surface area (Å²) in [6.45, 7) is 1.45. The van der Waals surface area contributed by atoms with Crippen molar-refractivity contribution in [3.8, 4) is 11.1 Å². The summed E-state index contributed by atoms with van der Waals surface area (Å²) in [4.78, 5) is 22.7. The number of likely N-dealkylation sites (N-methyl/N-ethyl adjacent to an activating group) is 1. The second kappa shape index (κ2) is 8.25. The number of halogens is 1. The minimum Gasteiger partial charge on any atom is -0.329 e. The number of rotatable bonds is 4. The van der Waals surface area contributed by atoms with Gasteiger partial charge in [0.05, 0.1) is 5.52 Å². The van der Waals surface area contributed by atoms with Crippen LogP contribution in [-0.2, 0) is 0 Å². The van der Waals surface area contributed by atoms with Gasteiger partial charge < -0.3 is 9.80 Å². The molecule has 3 heterocycles. The van der Waals surface area contributed by atoms with Crippen LogP contribution in [0.15, 0.2) is 73.1 Å². The van der Waals surface area contributed by atoms with Crippen LogP contribution in [0.2, 0.25) is 5.02 Å². The predicted octanol–water partition coefficient (Wildman–Crippen LogP) is 5.24. The molecule has 8 nitrogen and oxygen atoms in total. The summed E-state index contributed by atoms with van der Waals surface area (Å²) < 4.78 is 1.83. The summed E-state index contributed by atoms with van der Waals surface area (Å²) >= 11 is 6.28. The first-order chi connectivity index (χ1) is 17.0. The van der Waals surface area contributed by atoms with E-state index in [1.807, 2.05) is 65.9 Å². The van der Waals surface area contributed by atoms with E-state index < -0.39 is 0 Å². The molecule has 2 amide bonds. The van der Waals surface area contributed by atoms with Crippen molar-refractivity contribution in [2.75, 3.05) is 37.0 Å². The van der Waals surface area contributed by atoms with Crippen molar-refractivity contribution in [1.29, 1.82) is 0 Å². The third-order valence-electron chi connectivity index (χ3n) is 6.48. The van der Waals surface area contributed by atoms with Gasteiger partial charge in [0.1, 0.15) is 12.1 Å². The number of hydrogen-bond donors (Lipinski definition) is 0. The number of benzene rings is 3. The van der Waals surface area contributed by atoms with E-state index in [1.54, 1.807) is 16.1 Å². The minimum atomic E-state index is 0.0343. The minimum absolute atomic E-state index is 0.0343. The van der Waals surface area contributed by atoms with E-state index >= 15 is 0 Å². The van der Waals surface area contributed by atoms with Crippen LogP contribution in [0.25, 0.3) is 27.8 Å². The summed E-state index contributed by atoms with van der Waals surface area (Å²) in [7, 11) is 3.81. The van der Waals surface area contributed by atoms with Crippen molar-refractivity contribution in [2.24, 2.45) is 0 Å². The molecule has 0 radical (unpaired) electrons. The Labute approximate surface area is 207 Å². The van der Waals surface area contributed by atoms with Gasteiger partial charge in [-0.1, -0.05) is 35.9 Å². The van der Waals surface area contributed by atoms with Crippen LogP contribution in [-0.4, -0.2) is 57.7 Å². The van der Waals surface area contributed by atoms with Gasteiger partial charge in [0.2, 0.25) is 0 Å². The van der Waals surface area contributed by atoms with Crippen molar-refractivity contribution >= 4 is 51.5 Å². The van der Waals surface area contributed by atoms with Crippen molar-refractivity contribution in [3.63, 3.8) is 0 Å². The SMILES string of the molecule is CN1CCN(c2ccc(-c3cccc(N(C)c4nc5nncn5c5cc(Cl)ccc45)c3)cc2)C1=O. The summed E-state index contributed by atoms with van der Waals surface area (Å²) in [5, 5.41) is 9.75. The Kier molecular flexibility index (Phi) is 5.04. The fourth-order valence-corrected chi connectivity index (χ4v) is 4.68. The standard InChI is InChI=1S/C26H22ClN7O/c1-31-12-13-33(26(31)35)20-9-6-17(7-10-20)18-4-3-5-21(14-18)32(2)24-22-11-8-19(27)15-23(22)34-16-28-30-25(34)29-24/h3-11,14-16H,12-13H2,1-2H3. The number of nitrogens with zero attached hydrogens (tertiary/aromatic N) is 7. The van der Waals surface area contributed by atoms with Gasteiger partial charge in [0, 0.05) is 49.0 Å². The highest BCUT2D eigenvalue weighted by Crippen LogP contribution is 2.34. The highest BCUT2D eigenvalue weighted by molar-refractivity contribution is 6.31. The summed E-state index contributed by atoms with van der Waals surface area (Å²) in [6.07, 6.45) is 1.64. The molecule has 2 aromatic heterocycles. The molecule has 1 aliphatic heterocycles. The van der Waals surface area contributed by atoms with Crippen LogP contribution in [0.4, 0.5) is 22.0 Å². The van der Waals surface area contributed by atoms with Crippen LogP contribution in [0, 0.1) is 0 Å². The molecular formula is C26H22ClN7O. The van der Waals surface area contributed by atoms with Crippen LogP contribution in [0.1, 0.15) is 0 Å². The monoisotopic (exact) mass is 483 g/mol. The molecule has 0 unspecified atom stereocenters. The number of anilines is 3. The first-order valence-electron chi connectivity index (χ1n) is 11.3. The molecule has 5 aromatic rings. The van der Waals surface area contributed by atoms with E-state index in [0.717, 1.165) is 45.8 Å². The normalized spacial score (nSPS) is 13.9. The van der Waals surface area contributed by atoms with Crippen LogP contribution >= 0.6 is 11.6 Å². The predicted molar refractivity (Wildman–Crippen MR) is 139 cm³/mol. The maximum atomic E-state index is 12.3. The molecular weight excluding hydrogens is 462 g/mol. The lowest BCUT2D eigenvalue weighted by Crippen LogP contribution is -2.29. The van der Waals surface area contributed by atoms with Gasteiger partial charge in [0.15, 0.2) is 0 Å². The Morgan fingerprint density at radius 3 is 2.57 bits per heavy atom. The molecule has 0 bridgehead atoms. The lowest BCUT2D eigenvalue weighted by molar-refractivity contribution is 0.229. The van der Waals surface area contributed by atoms with Gasteiger partial charge in [-0.15, -0.1) is 10.2 Å². The lowest BCUT2D eigenvalue weighted by atomic mass is 10.0. The maximum Gasteiger partial charge on any atom is 0.324 e. The number of carbonyl (C=O) groups is 1. The average molecular weight is 484 g/mol. The van der Waals surface area contributed by atoms with E-state index in [2.05, 4.69) is 34.5 Å². The first kappa shape index (κ1) is 21.4. The number of carbonyl (C=O) groups excluding carboxylic acids is 1. The lowest BCUT2D eigenvalue weighted by Gasteiger charge is -2.21. The Bertz CT molecular complexity index is 1580. The fourth-order valence-electron chi connectivity index (χ4n) is 4.52. The van der Waals surface area contributed by atoms with E-state index in [9.17, 15) is 4.79 Å². The molecule has 0 atom stereocenters. The van der Waals surface area contributed by atoms with Crippen LogP contribution in [0.5, 0.6) is 0 Å². The maximum absolute atomic E-state index is 12.3. The zero-order valence-electron chi connectivity index (χ0n) is 19.3. The topological polar surface area (TPSA) is 69.9 Å². The molecule has 1 aliphatic rings. The molecule has 0 N–H and O–H groups in total. The van der Waals surface area contributed by atoms with E-state index in [4.69, 9.17) is 16.6 Å². The average Bonchev–Trinajstić information content (AvgIpc) is 3.50. The van der Waals surface area contributed by atoms with E-state index in [0.29, 0.717) is 17.3 Å². The molecule has 0 spiro atoms. The molecule has 0 aliphatic carbocycles.